The minimum absolute atomic E-state index is 0.556. The van der Waals surface area contributed by atoms with E-state index in [0.29, 0.717) is 17.9 Å². The molecule has 96 valence electrons. The molecule has 1 aromatic heterocycles. The summed E-state index contributed by atoms with van der Waals surface area (Å²) in [5.41, 5.74) is 2.57. The second-order valence-electron chi connectivity index (χ2n) is 3.80. The van der Waals surface area contributed by atoms with Crippen molar-refractivity contribution in [2.24, 2.45) is 0 Å². The maximum absolute atomic E-state index is 10.2. The lowest BCUT2D eigenvalue weighted by Crippen LogP contribution is -2.01. The van der Waals surface area contributed by atoms with Gasteiger partial charge in [0.2, 0.25) is 0 Å². The number of hydrogen-bond acceptors (Lipinski definition) is 5. The zero-order valence-corrected chi connectivity index (χ0v) is 11.1. The van der Waals surface area contributed by atoms with Gasteiger partial charge in [0.1, 0.15) is 0 Å². The van der Waals surface area contributed by atoms with Crippen molar-refractivity contribution in [1.29, 1.82) is 0 Å². The highest BCUT2D eigenvalue weighted by Gasteiger charge is 2.13. The van der Waals surface area contributed by atoms with Gasteiger partial charge in [-0.2, -0.15) is 0 Å². The van der Waals surface area contributed by atoms with Crippen LogP contribution in [0.2, 0.25) is 0 Å². The van der Waals surface area contributed by atoms with E-state index in [0.717, 1.165) is 10.4 Å². The van der Waals surface area contributed by atoms with E-state index >= 15 is 0 Å². The number of aromatic nitrogens is 1. The molecule has 0 bridgehead atoms. The summed E-state index contributed by atoms with van der Waals surface area (Å²) in [6.07, 6.45) is 1.76. The highest BCUT2D eigenvalue weighted by Crippen LogP contribution is 2.31. The van der Waals surface area contributed by atoms with E-state index in [1.165, 1.54) is 11.3 Å². The van der Waals surface area contributed by atoms with Crippen molar-refractivity contribution in [2.45, 2.75) is 12.5 Å². The van der Waals surface area contributed by atoms with E-state index in [1.807, 2.05) is 6.07 Å². The molecule has 5 heteroatoms. The Hall–Kier alpha value is -1.59. The number of rotatable bonds is 5. The fourth-order valence-electron chi connectivity index (χ4n) is 1.71. The zero-order chi connectivity index (χ0) is 13.0. The van der Waals surface area contributed by atoms with Crippen molar-refractivity contribution in [1.82, 2.24) is 4.98 Å². The second kappa shape index (κ2) is 5.84. The molecule has 2 rings (SSSR count). The maximum atomic E-state index is 10.2. The lowest BCUT2D eigenvalue weighted by molar-refractivity contribution is 0.179. The van der Waals surface area contributed by atoms with Gasteiger partial charge >= 0.3 is 0 Å². The van der Waals surface area contributed by atoms with E-state index in [1.54, 1.807) is 38.1 Å². The number of aliphatic hydroxyl groups excluding tert-OH is 1. The van der Waals surface area contributed by atoms with Gasteiger partial charge in [-0.3, -0.25) is 4.98 Å². The van der Waals surface area contributed by atoms with Gasteiger partial charge in [-0.1, -0.05) is 6.07 Å². The van der Waals surface area contributed by atoms with Gasteiger partial charge in [0.05, 0.1) is 25.8 Å². The Morgan fingerprint density at radius 2 is 2.06 bits per heavy atom. The molecule has 1 unspecified atom stereocenters. The van der Waals surface area contributed by atoms with Crippen LogP contribution in [0.25, 0.3) is 0 Å². The molecule has 1 heterocycles. The van der Waals surface area contributed by atoms with Crippen LogP contribution >= 0.6 is 11.3 Å². The summed E-state index contributed by atoms with van der Waals surface area (Å²) in [5.74, 6) is 1.28. The van der Waals surface area contributed by atoms with Gasteiger partial charge in [-0.05, 0) is 17.7 Å². The lowest BCUT2D eigenvalue weighted by Gasteiger charge is -2.13. The minimum atomic E-state index is -0.565. The molecule has 0 fully saturated rings. The summed E-state index contributed by atoms with van der Waals surface area (Å²) in [6, 6.07) is 5.43. The van der Waals surface area contributed by atoms with Crippen LogP contribution in [0.5, 0.6) is 11.5 Å². The Kier molecular flexibility index (Phi) is 4.17. The predicted octanol–water partition coefficient (Wildman–Crippen LogP) is 2.44. The number of hydrogen-bond donors (Lipinski definition) is 1. The third kappa shape index (κ3) is 2.80. The fourth-order valence-corrected chi connectivity index (χ4v) is 2.34. The standard InChI is InChI=1S/C13H15NO3S/c1-16-12-4-3-9(5-13(12)17-2)11(15)6-10-7-14-8-18-10/h3-5,7-8,11,15H,6H2,1-2H3. The minimum Gasteiger partial charge on any atom is -0.493 e. The highest BCUT2D eigenvalue weighted by atomic mass is 32.1. The second-order valence-corrected chi connectivity index (χ2v) is 4.77. The smallest absolute Gasteiger partial charge is 0.161 e. The molecule has 0 aliphatic rings. The van der Waals surface area contributed by atoms with Crippen LogP contribution in [0.1, 0.15) is 16.5 Å². The molecule has 18 heavy (non-hydrogen) atoms. The van der Waals surface area contributed by atoms with Crippen molar-refractivity contribution in [3.05, 3.63) is 40.3 Å². The third-order valence-electron chi connectivity index (χ3n) is 2.67. The predicted molar refractivity (Wildman–Crippen MR) is 70.3 cm³/mol. The number of methoxy groups -OCH3 is 2. The first-order valence-corrected chi connectivity index (χ1v) is 6.40. The average Bonchev–Trinajstić information content (AvgIpc) is 2.90. The van der Waals surface area contributed by atoms with Crippen molar-refractivity contribution >= 4 is 11.3 Å². The molecule has 0 aliphatic carbocycles. The maximum Gasteiger partial charge on any atom is 0.161 e. The summed E-state index contributed by atoms with van der Waals surface area (Å²) in [5, 5.41) is 10.2. The molecule has 0 radical (unpaired) electrons. The monoisotopic (exact) mass is 265 g/mol. The van der Waals surface area contributed by atoms with E-state index < -0.39 is 6.10 Å². The first-order valence-electron chi connectivity index (χ1n) is 5.52. The zero-order valence-electron chi connectivity index (χ0n) is 10.3. The number of benzene rings is 1. The van der Waals surface area contributed by atoms with Gasteiger partial charge in [-0.25, -0.2) is 0 Å². The normalized spacial score (nSPS) is 12.2. The SMILES string of the molecule is COc1ccc(C(O)Cc2cncs2)cc1OC. The van der Waals surface area contributed by atoms with E-state index in [4.69, 9.17) is 9.47 Å². The largest absolute Gasteiger partial charge is 0.493 e. The van der Waals surface area contributed by atoms with Crippen LogP contribution in [0.3, 0.4) is 0 Å². The van der Waals surface area contributed by atoms with Gasteiger partial charge in [-0.15, -0.1) is 11.3 Å². The van der Waals surface area contributed by atoms with Gasteiger partial charge < -0.3 is 14.6 Å². The summed E-state index contributed by atoms with van der Waals surface area (Å²) in [4.78, 5) is 5.05. The molecule has 0 spiro atoms. The molecular weight excluding hydrogens is 250 g/mol. The van der Waals surface area contributed by atoms with Crippen molar-refractivity contribution in [3.63, 3.8) is 0 Å². The van der Waals surface area contributed by atoms with Gasteiger partial charge in [0.15, 0.2) is 11.5 Å². The van der Waals surface area contributed by atoms with Crippen LogP contribution in [0, 0.1) is 0 Å². The summed E-state index contributed by atoms with van der Waals surface area (Å²) < 4.78 is 10.4. The molecule has 1 atom stereocenters. The molecule has 0 amide bonds. The van der Waals surface area contributed by atoms with Crippen LogP contribution in [-0.4, -0.2) is 24.3 Å². The van der Waals surface area contributed by atoms with Crippen LogP contribution in [-0.2, 0) is 6.42 Å². The quantitative estimate of drug-likeness (QED) is 0.902. The first kappa shape index (κ1) is 12.9. The Labute approximate surface area is 110 Å². The third-order valence-corrected chi connectivity index (χ3v) is 3.47. The summed E-state index contributed by atoms with van der Waals surface area (Å²) in [7, 11) is 3.17. The van der Waals surface area contributed by atoms with E-state index in [2.05, 4.69) is 4.98 Å². The summed E-state index contributed by atoms with van der Waals surface area (Å²) >= 11 is 1.54. The molecule has 1 N–H and O–H groups in total. The number of aliphatic hydroxyl groups is 1. The van der Waals surface area contributed by atoms with Gasteiger partial charge in [0.25, 0.3) is 0 Å². The van der Waals surface area contributed by atoms with Crippen molar-refractivity contribution < 1.29 is 14.6 Å². The molecule has 4 nitrogen and oxygen atoms in total. The number of thiazole rings is 1. The Balaban J connectivity index is 2.17. The van der Waals surface area contributed by atoms with Crippen LogP contribution in [0.4, 0.5) is 0 Å². The molecule has 2 aromatic rings. The van der Waals surface area contributed by atoms with Crippen LogP contribution in [0.15, 0.2) is 29.9 Å². The van der Waals surface area contributed by atoms with E-state index in [9.17, 15) is 5.11 Å². The van der Waals surface area contributed by atoms with Crippen LogP contribution < -0.4 is 9.47 Å². The molecule has 0 saturated carbocycles. The molecular formula is C13H15NO3S. The first-order chi connectivity index (χ1) is 8.74. The Morgan fingerprint density at radius 1 is 1.28 bits per heavy atom. The average molecular weight is 265 g/mol. The lowest BCUT2D eigenvalue weighted by atomic mass is 10.1. The highest BCUT2D eigenvalue weighted by molar-refractivity contribution is 7.09. The summed E-state index contributed by atoms with van der Waals surface area (Å²) in [6.45, 7) is 0. The molecule has 0 saturated heterocycles. The Bertz CT molecular complexity index is 499. The van der Waals surface area contributed by atoms with E-state index in [-0.39, 0.29) is 0 Å². The van der Waals surface area contributed by atoms with Gasteiger partial charge in [0, 0.05) is 17.5 Å². The Morgan fingerprint density at radius 3 is 2.67 bits per heavy atom. The number of nitrogens with zero attached hydrogens (tertiary/aromatic N) is 1. The molecule has 0 aliphatic heterocycles. The topological polar surface area (TPSA) is 51.6 Å². The fraction of sp³-hybridized carbons (Fsp3) is 0.308. The van der Waals surface area contributed by atoms with Crippen molar-refractivity contribution in [2.75, 3.05) is 14.2 Å². The number of ether oxygens (including phenoxy) is 2. The molecule has 1 aromatic carbocycles. The van der Waals surface area contributed by atoms with Crippen molar-refractivity contribution in [3.8, 4) is 11.5 Å².